The van der Waals surface area contributed by atoms with E-state index in [1.54, 1.807) is 7.11 Å². The molecule has 4 nitrogen and oxygen atoms in total. The van der Waals surface area contributed by atoms with Gasteiger partial charge >= 0.3 is 0 Å². The first-order valence-electron chi connectivity index (χ1n) is 7.18. The van der Waals surface area contributed by atoms with Crippen LogP contribution in [0.3, 0.4) is 0 Å². The predicted octanol–water partition coefficient (Wildman–Crippen LogP) is 2.33. The third kappa shape index (κ3) is 7.60. The number of aryl methyl sites for hydroxylation is 1. The number of benzene rings is 1. The average Bonchev–Trinajstić information content (AvgIpc) is 2.46. The molecule has 0 aromatic heterocycles. The summed E-state index contributed by atoms with van der Waals surface area (Å²) >= 11 is 0. The molecule has 0 fully saturated rings. The van der Waals surface area contributed by atoms with Gasteiger partial charge < -0.3 is 19.5 Å². The van der Waals surface area contributed by atoms with Crippen LogP contribution in [0.15, 0.2) is 24.3 Å². The topological polar surface area (TPSA) is 39.7 Å². The molecule has 20 heavy (non-hydrogen) atoms. The van der Waals surface area contributed by atoms with Crippen molar-refractivity contribution in [2.45, 2.75) is 19.9 Å². The van der Waals surface area contributed by atoms with Crippen LogP contribution >= 0.6 is 0 Å². The van der Waals surface area contributed by atoms with E-state index >= 15 is 0 Å². The van der Waals surface area contributed by atoms with Crippen LogP contribution in [0.4, 0.5) is 0 Å². The maximum Gasteiger partial charge on any atom is 0.0701 e. The molecule has 0 aliphatic heterocycles. The molecular formula is C16H27NO3. The molecule has 1 aromatic rings. The van der Waals surface area contributed by atoms with Crippen molar-refractivity contribution < 1.29 is 14.2 Å². The normalized spacial score (nSPS) is 12.6. The molecular weight excluding hydrogens is 254 g/mol. The van der Waals surface area contributed by atoms with E-state index in [0.717, 1.165) is 6.54 Å². The summed E-state index contributed by atoms with van der Waals surface area (Å²) in [6.07, 6.45) is 0. The van der Waals surface area contributed by atoms with Crippen molar-refractivity contribution >= 4 is 0 Å². The van der Waals surface area contributed by atoms with Gasteiger partial charge in [-0.05, 0) is 19.4 Å². The Morgan fingerprint density at radius 3 is 2.20 bits per heavy atom. The highest BCUT2D eigenvalue weighted by Crippen LogP contribution is 2.12. The fraction of sp³-hybridized carbons (Fsp3) is 0.625. The largest absolute Gasteiger partial charge is 0.382 e. The summed E-state index contributed by atoms with van der Waals surface area (Å²) in [6, 6.07) is 8.95. The molecule has 0 bridgehead atoms. The Labute approximate surface area is 122 Å². The molecule has 0 amide bonds. The molecule has 1 rings (SSSR count). The van der Waals surface area contributed by atoms with Gasteiger partial charge in [-0.2, -0.15) is 0 Å². The zero-order valence-corrected chi connectivity index (χ0v) is 12.9. The van der Waals surface area contributed by atoms with Gasteiger partial charge in [0, 0.05) is 19.7 Å². The number of methoxy groups -OCH3 is 1. The number of nitrogens with one attached hydrogen (secondary N) is 1. The standard InChI is InChI=1S/C16H27NO3/c1-14-4-6-16(7-5-14)15(2)17-8-9-19-12-13-20-11-10-18-3/h4-7,15,17H,8-13H2,1-3H3/t15-/m0/s1. The van der Waals surface area contributed by atoms with Gasteiger partial charge in [0.05, 0.1) is 33.0 Å². The van der Waals surface area contributed by atoms with E-state index in [0.29, 0.717) is 39.1 Å². The van der Waals surface area contributed by atoms with Crippen molar-refractivity contribution in [1.29, 1.82) is 0 Å². The lowest BCUT2D eigenvalue weighted by molar-refractivity contribution is 0.0253. The first-order chi connectivity index (χ1) is 9.74. The summed E-state index contributed by atoms with van der Waals surface area (Å²) in [7, 11) is 1.67. The summed E-state index contributed by atoms with van der Waals surface area (Å²) in [5.74, 6) is 0. The molecule has 1 N–H and O–H groups in total. The van der Waals surface area contributed by atoms with E-state index in [9.17, 15) is 0 Å². The highest BCUT2D eigenvalue weighted by molar-refractivity contribution is 5.23. The van der Waals surface area contributed by atoms with Crippen LogP contribution in [-0.4, -0.2) is 46.7 Å². The molecule has 114 valence electrons. The Balaban J connectivity index is 1.99. The van der Waals surface area contributed by atoms with Crippen molar-refractivity contribution in [3.05, 3.63) is 35.4 Å². The molecule has 0 aliphatic rings. The molecule has 1 atom stereocenters. The van der Waals surface area contributed by atoms with Gasteiger partial charge in [0.1, 0.15) is 0 Å². The summed E-state index contributed by atoms with van der Waals surface area (Å²) in [5, 5.41) is 3.44. The van der Waals surface area contributed by atoms with E-state index < -0.39 is 0 Å². The lowest BCUT2D eigenvalue weighted by atomic mass is 10.1. The van der Waals surface area contributed by atoms with Gasteiger partial charge in [-0.15, -0.1) is 0 Å². The van der Waals surface area contributed by atoms with Crippen LogP contribution in [0.5, 0.6) is 0 Å². The fourth-order valence-corrected chi connectivity index (χ4v) is 1.78. The number of ether oxygens (including phenoxy) is 3. The zero-order valence-electron chi connectivity index (χ0n) is 12.9. The number of rotatable bonds is 11. The van der Waals surface area contributed by atoms with E-state index in [2.05, 4.69) is 43.4 Å². The molecule has 0 unspecified atom stereocenters. The second-order valence-corrected chi connectivity index (χ2v) is 4.80. The lowest BCUT2D eigenvalue weighted by Gasteiger charge is -2.14. The van der Waals surface area contributed by atoms with Crippen molar-refractivity contribution in [3.8, 4) is 0 Å². The fourth-order valence-electron chi connectivity index (χ4n) is 1.78. The van der Waals surface area contributed by atoms with Gasteiger partial charge in [0.2, 0.25) is 0 Å². The highest BCUT2D eigenvalue weighted by atomic mass is 16.5. The minimum Gasteiger partial charge on any atom is -0.382 e. The maximum atomic E-state index is 5.49. The molecule has 0 aliphatic carbocycles. The van der Waals surface area contributed by atoms with Gasteiger partial charge in [0.15, 0.2) is 0 Å². The van der Waals surface area contributed by atoms with Crippen molar-refractivity contribution in [2.75, 3.05) is 46.7 Å². The Kier molecular flexibility index (Phi) is 9.24. The molecule has 4 heteroatoms. The minimum absolute atomic E-state index is 0.345. The van der Waals surface area contributed by atoms with E-state index in [1.165, 1.54) is 11.1 Å². The van der Waals surface area contributed by atoms with Gasteiger partial charge in [-0.3, -0.25) is 0 Å². The number of hydrogen-bond donors (Lipinski definition) is 1. The molecule has 0 radical (unpaired) electrons. The van der Waals surface area contributed by atoms with Crippen molar-refractivity contribution in [2.24, 2.45) is 0 Å². The van der Waals surface area contributed by atoms with E-state index in [4.69, 9.17) is 14.2 Å². The van der Waals surface area contributed by atoms with Crippen LogP contribution < -0.4 is 5.32 Å². The summed E-state index contributed by atoms with van der Waals surface area (Å²) < 4.78 is 15.7. The van der Waals surface area contributed by atoms with Crippen LogP contribution in [0.25, 0.3) is 0 Å². The summed E-state index contributed by atoms with van der Waals surface area (Å²) in [5.41, 5.74) is 2.59. The van der Waals surface area contributed by atoms with Gasteiger partial charge in [0.25, 0.3) is 0 Å². The first-order valence-corrected chi connectivity index (χ1v) is 7.18. The Morgan fingerprint density at radius 2 is 1.55 bits per heavy atom. The molecule has 0 heterocycles. The number of hydrogen-bond acceptors (Lipinski definition) is 4. The predicted molar refractivity (Wildman–Crippen MR) is 81.1 cm³/mol. The van der Waals surface area contributed by atoms with Crippen molar-refractivity contribution in [3.63, 3.8) is 0 Å². The zero-order chi connectivity index (χ0) is 14.6. The summed E-state index contributed by atoms with van der Waals surface area (Å²) in [6.45, 7) is 8.32. The Hall–Kier alpha value is -0.940. The molecule has 0 saturated carbocycles. The molecule has 1 aromatic carbocycles. The quantitative estimate of drug-likeness (QED) is 0.632. The second kappa shape index (κ2) is 10.8. The first kappa shape index (κ1) is 17.1. The monoisotopic (exact) mass is 281 g/mol. The van der Waals surface area contributed by atoms with E-state index in [-0.39, 0.29) is 0 Å². The third-order valence-corrected chi connectivity index (χ3v) is 3.08. The smallest absolute Gasteiger partial charge is 0.0701 e. The van der Waals surface area contributed by atoms with Crippen LogP contribution in [0.2, 0.25) is 0 Å². The molecule has 0 saturated heterocycles. The Bertz CT molecular complexity index is 340. The van der Waals surface area contributed by atoms with Crippen LogP contribution in [-0.2, 0) is 14.2 Å². The third-order valence-electron chi connectivity index (χ3n) is 3.08. The SMILES string of the molecule is COCCOCCOCCN[C@@H](C)c1ccc(C)cc1. The maximum absolute atomic E-state index is 5.49. The van der Waals surface area contributed by atoms with Crippen LogP contribution in [0.1, 0.15) is 24.1 Å². The Morgan fingerprint density at radius 1 is 0.950 bits per heavy atom. The average molecular weight is 281 g/mol. The summed E-state index contributed by atoms with van der Waals surface area (Å²) in [4.78, 5) is 0. The van der Waals surface area contributed by atoms with Crippen molar-refractivity contribution in [1.82, 2.24) is 5.32 Å². The van der Waals surface area contributed by atoms with Crippen LogP contribution in [0, 0.1) is 6.92 Å². The van der Waals surface area contributed by atoms with Gasteiger partial charge in [-0.25, -0.2) is 0 Å². The highest BCUT2D eigenvalue weighted by Gasteiger charge is 2.03. The lowest BCUT2D eigenvalue weighted by Crippen LogP contribution is -2.24. The van der Waals surface area contributed by atoms with Gasteiger partial charge in [-0.1, -0.05) is 29.8 Å². The minimum atomic E-state index is 0.345. The van der Waals surface area contributed by atoms with E-state index in [1.807, 2.05) is 0 Å². The molecule has 0 spiro atoms. The second-order valence-electron chi connectivity index (χ2n) is 4.80.